The zero-order valence-electron chi connectivity index (χ0n) is 15.2. The van der Waals surface area contributed by atoms with Crippen LogP contribution in [0.2, 0.25) is 0 Å². The van der Waals surface area contributed by atoms with Crippen LogP contribution in [0.1, 0.15) is 36.9 Å². The van der Waals surface area contributed by atoms with Crippen LogP contribution in [0.5, 0.6) is 0 Å². The zero-order valence-corrected chi connectivity index (χ0v) is 15.2. The van der Waals surface area contributed by atoms with Crippen molar-refractivity contribution in [1.82, 2.24) is 14.7 Å². The molecule has 4 N–H and O–H groups in total. The Bertz CT molecular complexity index is 842. The maximum atomic E-state index is 13.1. The summed E-state index contributed by atoms with van der Waals surface area (Å²) in [6.07, 6.45) is 4.84. The molecule has 0 atom stereocenters. The van der Waals surface area contributed by atoms with Crippen LogP contribution < -0.4 is 11.5 Å². The van der Waals surface area contributed by atoms with Crippen LogP contribution in [0.25, 0.3) is 5.69 Å². The molecular weight excluding hydrogens is 345 g/mol. The van der Waals surface area contributed by atoms with Gasteiger partial charge in [-0.25, -0.2) is 9.07 Å². The third-order valence-electron chi connectivity index (χ3n) is 4.70. The van der Waals surface area contributed by atoms with Gasteiger partial charge in [0.2, 0.25) is 0 Å². The Balaban J connectivity index is 1.65. The highest BCUT2D eigenvalue weighted by atomic mass is 19.1. The molecule has 0 spiro atoms. The van der Waals surface area contributed by atoms with Gasteiger partial charge in [-0.15, -0.1) is 0 Å². The van der Waals surface area contributed by atoms with E-state index in [9.17, 15) is 9.65 Å². The van der Waals surface area contributed by atoms with Gasteiger partial charge < -0.3 is 16.4 Å². The highest BCUT2D eigenvalue weighted by molar-refractivity contribution is 5.78. The second-order valence-electron chi connectivity index (χ2n) is 6.60. The average Bonchev–Trinajstić information content (AvgIpc) is 3.01. The lowest BCUT2D eigenvalue weighted by Crippen LogP contribution is -2.40. The minimum absolute atomic E-state index is 0.260. The molecule has 1 aliphatic heterocycles. The van der Waals surface area contributed by atoms with Crippen LogP contribution in [0.4, 0.5) is 10.2 Å². The van der Waals surface area contributed by atoms with Crippen molar-refractivity contribution >= 4 is 11.8 Å². The molecule has 1 fully saturated rings. The van der Waals surface area contributed by atoms with Crippen LogP contribution >= 0.6 is 0 Å². The van der Waals surface area contributed by atoms with Gasteiger partial charge in [-0.3, -0.25) is 4.99 Å². The molecule has 0 bridgehead atoms. The number of aromatic nitrogens is 2. The number of anilines is 1. The number of benzene rings is 1. The molecule has 1 aromatic heterocycles. The highest BCUT2D eigenvalue weighted by Gasteiger charge is 2.16. The molecule has 0 radical (unpaired) electrons. The van der Waals surface area contributed by atoms with E-state index in [0.717, 1.165) is 25.9 Å². The Hall–Kier alpha value is -3.08. The normalized spacial score (nSPS) is 15.0. The standard InChI is InChI=1S/C19H24FN7/c20-14-6-8-15(9-7-14)27-18(22)16(13-21)17(25-27)5-4-10-24-19(23)26-11-2-1-3-12-26/h6-9H,1-5,10-12,22H2,(H2,23,24). The van der Waals surface area contributed by atoms with Crippen molar-refractivity contribution in [2.75, 3.05) is 25.4 Å². The van der Waals surface area contributed by atoms with Crippen molar-refractivity contribution in [1.29, 1.82) is 5.26 Å². The van der Waals surface area contributed by atoms with E-state index in [-0.39, 0.29) is 11.6 Å². The molecule has 2 heterocycles. The summed E-state index contributed by atoms with van der Waals surface area (Å²) >= 11 is 0. The molecule has 0 amide bonds. The summed E-state index contributed by atoms with van der Waals surface area (Å²) in [6, 6.07) is 7.94. The number of aryl methyl sites for hydroxylation is 1. The quantitative estimate of drug-likeness (QED) is 0.477. The molecule has 1 aromatic carbocycles. The van der Waals surface area contributed by atoms with Gasteiger partial charge >= 0.3 is 0 Å². The second kappa shape index (κ2) is 8.54. The molecule has 0 aliphatic carbocycles. The Morgan fingerprint density at radius 3 is 2.59 bits per heavy atom. The molecule has 8 heteroatoms. The van der Waals surface area contributed by atoms with Crippen molar-refractivity contribution in [3.8, 4) is 11.8 Å². The minimum atomic E-state index is -0.339. The first-order valence-electron chi connectivity index (χ1n) is 9.18. The van der Waals surface area contributed by atoms with Gasteiger partial charge in [0.25, 0.3) is 0 Å². The number of nitrogens with zero attached hydrogens (tertiary/aromatic N) is 5. The van der Waals surface area contributed by atoms with Crippen LogP contribution in [0.3, 0.4) is 0 Å². The van der Waals surface area contributed by atoms with Crippen molar-refractivity contribution < 1.29 is 4.39 Å². The third kappa shape index (κ3) is 4.37. The molecular formula is C19H24FN7. The smallest absolute Gasteiger partial charge is 0.191 e. The fourth-order valence-electron chi connectivity index (χ4n) is 3.22. The van der Waals surface area contributed by atoms with Gasteiger partial charge in [-0.05, 0) is 56.4 Å². The van der Waals surface area contributed by atoms with Crippen LogP contribution in [0.15, 0.2) is 29.3 Å². The lowest BCUT2D eigenvalue weighted by atomic mass is 10.1. The Morgan fingerprint density at radius 2 is 1.93 bits per heavy atom. The predicted molar refractivity (Wildman–Crippen MR) is 103 cm³/mol. The van der Waals surface area contributed by atoms with Crippen molar-refractivity contribution in [2.45, 2.75) is 32.1 Å². The highest BCUT2D eigenvalue weighted by Crippen LogP contribution is 2.21. The van der Waals surface area contributed by atoms with E-state index >= 15 is 0 Å². The zero-order chi connectivity index (χ0) is 19.2. The van der Waals surface area contributed by atoms with Gasteiger partial charge in [0, 0.05) is 19.6 Å². The monoisotopic (exact) mass is 369 g/mol. The second-order valence-corrected chi connectivity index (χ2v) is 6.60. The number of nitrogens with two attached hydrogens (primary N) is 2. The predicted octanol–water partition coefficient (Wildman–Crippen LogP) is 2.20. The summed E-state index contributed by atoms with van der Waals surface area (Å²) in [5, 5.41) is 13.9. The summed E-state index contributed by atoms with van der Waals surface area (Å²) in [4.78, 5) is 6.56. The number of hydrogen-bond donors (Lipinski definition) is 2. The Kier molecular flexibility index (Phi) is 5.91. The summed E-state index contributed by atoms with van der Waals surface area (Å²) < 4.78 is 14.6. The maximum Gasteiger partial charge on any atom is 0.191 e. The van der Waals surface area contributed by atoms with Gasteiger partial charge in [0.1, 0.15) is 23.3 Å². The van der Waals surface area contributed by atoms with Crippen molar-refractivity contribution in [3.05, 3.63) is 41.3 Å². The van der Waals surface area contributed by atoms with E-state index in [0.29, 0.717) is 42.3 Å². The average molecular weight is 369 g/mol. The molecule has 2 aromatic rings. The van der Waals surface area contributed by atoms with Crippen molar-refractivity contribution in [2.24, 2.45) is 10.7 Å². The van der Waals surface area contributed by atoms with Gasteiger partial charge in [-0.1, -0.05) is 0 Å². The molecule has 0 saturated carbocycles. The van der Waals surface area contributed by atoms with Crippen molar-refractivity contribution in [3.63, 3.8) is 0 Å². The largest absolute Gasteiger partial charge is 0.382 e. The molecule has 3 rings (SSSR count). The lowest BCUT2D eigenvalue weighted by Gasteiger charge is -2.27. The fraction of sp³-hybridized carbons (Fsp3) is 0.421. The molecule has 27 heavy (non-hydrogen) atoms. The summed E-state index contributed by atoms with van der Waals surface area (Å²) in [7, 11) is 0. The molecule has 1 aliphatic rings. The Labute approximate surface area is 158 Å². The SMILES string of the molecule is N#Cc1c(CCCN=C(N)N2CCCCC2)nn(-c2ccc(F)cc2)c1N. The van der Waals surface area contributed by atoms with Crippen LogP contribution in [0, 0.1) is 17.1 Å². The number of hydrogen-bond acceptors (Lipinski definition) is 4. The summed E-state index contributed by atoms with van der Waals surface area (Å²) in [5.74, 6) is 0.511. The Morgan fingerprint density at radius 1 is 1.22 bits per heavy atom. The van der Waals surface area contributed by atoms with E-state index in [1.807, 2.05) is 0 Å². The first-order valence-corrected chi connectivity index (χ1v) is 9.18. The van der Waals surface area contributed by atoms with E-state index in [1.165, 1.54) is 23.2 Å². The van der Waals surface area contributed by atoms with Gasteiger partial charge in [0.05, 0.1) is 11.4 Å². The number of nitriles is 1. The minimum Gasteiger partial charge on any atom is -0.382 e. The van der Waals surface area contributed by atoms with Gasteiger partial charge in [-0.2, -0.15) is 10.4 Å². The molecule has 142 valence electrons. The number of halogens is 1. The topological polar surface area (TPSA) is 109 Å². The van der Waals surface area contributed by atoms with E-state index in [4.69, 9.17) is 11.5 Å². The first-order chi connectivity index (χ1) is 13.1. The van der Waals surface area contributed by atoms with Gasteiger partial charge in [0.15, 0.2) is 5.96 Å². The number of aliphatic imine (C=N–C) groups is 1. The first kappa shape index (κ1) is 18.7. The summed E-state index contributed by atoms with van der Waals surface area (Å²) in [5.41, 5.74) is 13.7. The van der Waals surface area contributed by atoms with Crippen LogP contribution in [-0.2, 0) is 6.42 Å². The number of likely N-dealkylation sites (tertiary alicyclic amines) is 1. The maximum absolute atomic E-state index is 13.1. The number of guanidine groups is 1. The fourth-order valence-corrected chi connectivity index (χ4v) is 3.22. The van der Waals surface area contributed by atoms with Crippen LogP contribution in [-0.4, -0.2) is 40.3 Å². The summed E-state index contributed by atoms with van der Waals surface area (Å²) in [6.45, 7) is 2.50. The van der Waals surface area contributed by atoms with E-state index in [1.54, 1.807) is 12.1 Å². The number of rotatable bonds is 5. The number of nitrogen functional groups attached to an aromatic ring is 1. The molecule has 7 nitrogen and oxygen atoms in total. The number of piperidine rings is 1. The third-order valence-corrected chi connectivity index (χ3v) is 4.70. The van der Waals surface area contributed by atoms with E-state index in [2.05, 4.69) is 21.1 Å². The lowest BCUT2D eigenvalue weighted by molar-refractivity contribution is 0.338. The van der Waals surface area contributed by atoms with E-state index < -0.39 is 0 Å². The molecule has 1 saturated heterocycles. The molecule has 0 unspecified atom stereocenters.